The molecule has 1 N–H and O–H groups in total. The molecule has 1 aliphatic rings. The van der Waals surface area contributed by atoms with Crippen LogP contribution in [0.5, 0.6) is 0 Å². The molecule has 1 amide bonds. The molecule has 0 radical (unpaired) electrons. The van der Waals surface area contributed by atoms with E-state index < -0.39 is 21.6 Å². The summed E-state index contributed by atoms with van der Waals surface area (Å²) in [4.78, 5) is 11.8. The average molecular weight is 336 g/mol. The minimum absolute atomic E-state index is 0.0538. The van der Waals surface area contributed by atoms with Gasteiger partial charge in [0.25, 0.3) is 0 Å². The highest BCUT2D eigenvalue weighted by Crippen LogP contribution is 2.23. The topological polar surface area (TPSA) is 63.2 Å². The summed E-state index contributed by atoms with van der Waals surface area (Å²) in [6, 6.07) is 4.10. The number of hydrogen-bond donors (Lipinski definition) is 1. The summed E-state index contributed by atoms with van der Waals surface area (Å²) in [7, 11) is -3.08. The van der Waals surface area contributed by atoms with Gasteiger partial charge in [0.05, 0.1) is 21.9 Å². The molecular weight excluding hydrogens is 325 g/mol. The molecular formula is C11H11BrFNO3S. The fourth-order valence-corrected chi connectivity index (χ4v) is 3.94. The van der Waals surface area contributed by atoms with E-state index >= 15 is 0 Å². The molecule has 98 valence electrons. The number of hydrogen-bond acceptors (Lipinski definition) is 3. The summed E-state index contributed by atoms with van der Waals surface area (Å²) in [5.74, 6) is -1.33. The quantitative estimate of drug-likeness (QED) is 0.898. The van der Waals surface area contributed by atoms with Crippen LogP contribution >= 0.6 is 15.9 Å². The van der Waals surface area contributed by atoms with Crippen molar-refractivity contribution in [3.05, 3.63) is 28.5 Å². The maximum atomic E-state index is 13.0. The van der Waals surface area contributed by atoms with Crippen molar-refractivity contribution in [2.45, 2.75) is 6.42 Å². The van der Waals surface area contributed by atoms with Gasteiger partial charge in [-0.1, -0.05) is 0 Å². The lowest BCUT2D eigenvalue weighted by Gasteiger charge is -2.09. The van der Waals surface area contributed by atoms with E-state index in [0.717, 1.165) is 0 Å². The lowest BCUT2D eigenvalue weighted by Crippen LogP contribution is -2.23. The van der Waals surface area contributed by atoms with Gasteiger partial charge in [0.2, 0.25) is 5.91 Å². The van der Waals surface area contributed by atoms with E-state index in [1.54, 1.807) is 0 Å². The van der Waals surface area contributed by atoms with Crippen LogP contribution in [0.4, 0.5) is 10.1 Å². The molecule has 1 aliphatic heterocycles. The van der Waals surface area contributed by atoms with Gasteiger partial charge in [0.15, 0.2) is 9.84 Å². The van der Waals surface area contributed by atoms with E-state index in [2.05, 4.69) is 21.2 Å². The summed E-state index contributed by atoms with van der Waals surface area (Å²) in [5.41, 5.74) is 0.442. The van der Waals surface area contributed by atoms with E-state index in [0.29, 0.717) is 12.1 Å². The maximum Gasteiger partial charge on any atom is 0.228 e. The molecule has 2 rings (SSSR count). The van der Waals surface area contributed by atoms with Crippen LogP contribution < -0.4 is 5.32 Å². The summed E-state index contributed by atoms with van der Waals surface area (Å²) in [5, 5.41) is 2.59. The number of rotatable bonds is 2. The predicted molar refractivity (Wildman–Crippen MR) is 69.5 cm³/mol. The van der Waals surface area contributed by atoms with Crippen LogP contribution in [0.25, 0.3) is 0 Å². The lowest BCUT2D eigenvalue weighted by molar-refractivity contribution is -0.119. The van der Waals surface area contributed by atoms with Gasteiger partial charge in [-0.3, -0.25) is 4.79 Å². The van der Waals surface area contributed by atoms with Crippen LogP contribution in [0.1, 0.15) is 6.42 Å². The fraction of sp³-hybridized carbons (Fsp3) is 0.364. The summed E-state index contributed by atoms with van der Waals surface area (Å²) < 4.78 is 35.8. The van der Waals surface area contributed by atoms with Crippen molar-refractivity contribution >= 4 is 37.4 Å². The second kappa shape index (κ2) is 4.97. The van der Waals surface area contributed by atoms with Crippen molar-refractivity contribution in [1.29, 1.82) is 0 Å². The third kappa shape index (κ3) is 3.08. The zero-order valence-corrected chi connectivity index (χ0v) is 11.7. The minimum atomic E-state index is -3.08. The van der Waals surface area contributed by atoms with Crippen LogP contribution in [-0.2, 0) is 14.6 Å². The second-order valence-corrected chi connectivity index (χ2v) is 7.30. The monoisotopic (exact) mass is 335 g/mol. The Hall–Kier alpha value is -0.950. The van der Waals surface area contributed by atoms with E-state index in [9.17, 15) is 17.6 Å². The molecule has 1 atom stereocenters. The molecule has 0 aromatic heterocycles. The number of nitrogens with one attached hydrogen (secondary N) is 1. The average Bonchev–Trinajstić information content (AvgIpc) is 2.64. The summed E-state index contributed by atoms with van der Waals surface area (Å²) in [6.07, 6.45) is 0.344. The highest BCUT2D eigenvalue weighted by Gasteiger charge is 2.32. The molecule has 1 saturated heterocycles. The first-order chi connectivity index (χ1) is 8.37. The first-order valence-electron chi connectivity index (χ1n) is 5.34. The van der Waals surface area contributed by atoms with Crippen molar-refractivity contribution in [2.24, 2.45) is 5.92 Å². The largest absolute Gasteiger partial charge is 0.326 e. The zero-order chi connectivity index (χ0) is 13.3. The lowest BCUT2D eigenvalue weighted by atomic mass is 10.1. The van der Waals surface area contributed by atoms with Gasteiger partial charge in [0.1, 0.15) is 5.82 Å². The summed E-state index contributed by atoms with van der Waals surface area (Å²) >= 11 is 3.02. The molecule has 7 heteroatoms. The molecule has 4 nitrogen and oxygen atoms in total. The molecule has 1 fully saturated rings. The van der Waals surface area contributed by atoms with Gasteiger partial charge < -0.3 is 5.32 Å². The molecule has 1 heterocycles. The summed E-state index contributed by atoms with van der Waals surface area (Å²) in [6.45, 7) is 0. The zero-order valence-electron chi connectivity index (χ0n) is 9.32. The normalized spacial score (nSPS) is 21.8. The number of amides is 1. The van der Waals surface area contributed by atoms with Crippen molar-refractivity contribution in [1.82, 2.24) is 0 Å². The first-order valence-corrected chi connectivity index (χ1v) is 7.95. The van der Waals surface area contributed by atoms with Crippen LogP contribution in [0, 0.1) is 11.7 Å². The fourth-order valence-electron chi connectivity index (χ4n) is 1.82. The number of carbonyl (C=O) groups excluding carboxylic acids is 1. The molecule has 0 bridgehead atoms. The third-order valence-electron chi connectivity index (χ3n) is 2.79. The number of anilines is 1. The van der Waals surface area contributed by atoms with Gasteiger partial charge in [0, 0.05) is 5.69 Å². The smallest absolute Gasteiger partial charge is 0.228 e. The van der Waals surface area contributed by atoms with Crippen molar-refractivity contribution < 1.29 is 17.6 Å². The Morgan fingerprint density at radius 3 is 2.72 bits per heavy atom. The van der Waals surface area contributed by atoms with Gasteiger partial charge in [-0.2, -0.15) is 0 Å². The van der Waals surface area contributed by atoms with E-state index in [1.165, 1.54) is 18.2 Å². The second-order valence-electron chi connectivity index (χ2n) is 4.22. The minimum Gasteiger partial charge on any atom is -0.326 e. The van der Waals surface area contributed by atoms with Crippen molar-refractivity contribution in [3.8, 4) is 0 Å². The van der Waals surface area contributed by atoms with Gasteiger partial charge in [-0.05, 0) is 40.5 Å². The van der Waals surface area contributed by atoms with Crippen molar-refractivity contribution in [2.75, 3.05) is 16.8 Å². The molecule has 1 aromatic carbocycles. The van der Waals surface area contributed by atoms with E-state index in [-0.39, 0.29) is 21.9 Å². The molecule has 1 unspecified atom stereocenters. The highest BCUT2D eigenvalue weighted by atomic mass is 79.9. The molecule has 1 aromatic rings. The molecule has 0 aliphatic carbocycles. The Balaban J connectivity index is 2.06. The number of sulfone groups is 1. The molecule has 0 spiro atoms. The Morgan fingerprint density at radius 1 is 1.44 bits per heavy atom. The Labute approximate surface area is 113 Å². The maximum absolute atomic E-state index is 13.0. The van der Waals surface area contributed by atoms with Crippen LogP contribution in [0.2, 0.25) is 0 Å². The molecule has 18 heavy (non-hydrogen) atoms. The van der Waals surface area contributed by atoms with Crippen LogP contribution in [0.3, 0.4) is 0 Å². The first kappa shape index (κ1) is 13.5. The number of benzene rings is 1. The molecule has 0 saturated carbocycles. The Bertz CT molecular complexity index is 588. The SMILES string of the molecule is O=C(Nc1ccc(F)c(Br)c1)C1CCS(=O)(=O)C1. The van der Waals surface area contributed by atoms with Crippen LogP contribution in [-0.4, -0.2) is 25.8 Å². The predicted octanol–water partition coefficient (Wildman–Crippen LogP) is 1.96. The standard InChI is InChI=1S/C11H11BrFNO3S/c12-9-5-8(1-2-10(9)13)14-11(15)7-3-4-18(16,17)6-7/h1-2,5,7H,3-4,6H2,(H,14,15). The highest BCUT2D eigenvalue weighted by molar-refractivity contribution is 9.10. The van der Waals surface area contributed by atoms with Gasteiger partial charge in [-0.15, -0.1) is 0 Å². The third-order valence-corrected chi connectivity index (χ3v) is 5.17. The van der Waals surface area contributed by atoms with Gasteiger partial charge in [-0.25, -0.2) is 12.8 Å². The van der Waals surface area contributed by atoms with Crippen molar-refractivity contribution in [3.63, 3.8) is 0 Å². The Morgan fingerprint density at radius 2 is 2.17 bits per heavy atom. The van der Waals surface area contributed by atoms with E-state index in [4.69, 9.17) is 0 Å². The van der Waals surface area contributed by atoms with E-state index in [1.807, 2.05) is 0 Å². The van der Waals surface area contributed by atoms with Crippen LogP contribution in [0.15, 0.2) is 22.7 Å². The van der Waals surface area contributed by atoms with Gasteiger partial charge >= 0.3 is 0 Å². The Kier molecular flexibility index (Phi) is 3.72. The number of carbonyl (C=O) groups is 1. The number of halogens is 2.